The number of aryl methyl sites for hydroxylation is 1. The van der Waals surface area contributed by atoms with Gasteiger partial charge in [-0.25, -0.2) is 4.98 Å². The van der Waals surface area contributed by atoms with E-state index in [4.69, 9.17) is 4.74 Å². The Bertz CT molecular complexity index is 1020. The van der Waals surface area contributed by atoms with Gasteiger partial charge < -0.3 is 15.0 Å². The summed E-state index contributed by atoms with van der Waals surface area (Å²) in [4.78, 5) is 31.2. The third-order valence-electron chi connectivity index (χ3n) is 4.42. The zero-order valence-corrected chi connectivity index (χ0v) is 14.5. The number of rotatable bonds is 2. The molecule has 1 N–H and O–H groups in total. The fraction of sp³-hybridized carbons (Fsp3) is 0.211. The van der Waals surface area contributed by atoms with Crippen molar-refractivity contribution in [2.24, 2.45) is 0 Å². The van der Waals surface area contributed by atoms with E-state index < -0.39 is 0 Å². The van der Waals surface area contributed by atoms with Crippen molar-refractivity contribution >= 4 is 23.1 Å². The van der Waals surface area contributed by atoms with Crippen molar-refractivity contribution in [2.45, 2.75) is 6.92 Å². The van der Waals surface area contributed by atoms with Gasteiger partial charge in [0.15, 0.2) is 0 Å². The number of ether oxygens (including phenoxy) is 1. The Morgan fingerprint density at radius 2 is 2.12 bits per heavy atom. The number of amides is 2. The topological polar surface area (TPSA) is 75.9 Å². The van der Waals surface area contributed by atoms with Crippen LogP contribution in [0.5, 0.6) is 5.75 Å². The van der Waals surface area contributed by atoms with Crippen LogP contribution in [0.25, 0.3) is 5.65 Å². The van der Waals surface area contributed by atoms with Crippen LogP contribution in [0.4, 0.5) is 5.69 Å². The lowest BCUT2D eigenvalue weighted by molar-refractivity contribution is 0.0796. The number of imidazole rings is 1. The lowest BCUT2D eigenvalue weighted by atomic mass is 10.1. The molecule has 1 aliphatic rings. The Balaban J connectivity index is 1.67. The second-order valence-corrected chi connectivity index (χ2v) is 6.21. The summed E-state index contributed by atoms with van der Waals surface area (Å²) in [5.74, 6) is 0.124. The summed E-state index contributed by atoms with van der Waals surface area (Å²) >= 11 is 0. The Kier molecular flexibility index (Phi) is 3.84. The molecule has 0 spiro atoms. The molecule has 0 saturated carbocycles. The number of aromatic nitrogens is 2. The van der Waals surface area contributed by atoms with Crippen LogP contribution in [-0.4, -0.2) is 46.3 Å². The number of carbonyl (C=O) groups excluding carboxylic acids is 2. The highest BCUT2D eigenvalue weighted by Gasteiger charge is 2.22. The van der Waals surface area contributed by atoms with Crippen molar-refractivity contribution in [3.05, 3.63) is 59.5 Å². The summed E-state index contributed by atoms with van der Waals surface area (Å²) in [5.41, 5.74) is 2.80. The SMILES string of the molecule is Cc1nc2ccccn2c1C(=O)Nc1ccc2c(c1)C(=O)N(C)CCO2. The highest BCUT2D eigenvalue weighted by molar-refractivity contribution is 6.05. The number of fused-ring (bicyclic) bond motifs is 2. The Labute approximate surface area is 150 Å². The van der Waals surface area contributed by atoms with Gasteiger partial charge in [-0.05, 0) is 37.3 Å². The quantitative estimate of drug-likeness (QED) is 0.770. The van der Waals surface area contributed by atoms with Crippen LogP contribution in [-0.2, 0) is 0 Å². The molecule has 0 unspecified atom stereocenters. The fourth-order valence-corrected chi connectivity index (χ4v) is 3.08. The van der Waals surface area contributed by atoms with Crippen LogP contribution in [0.2, 0.25) is 0 Å². The number of benzene rings is 1. The van der Waals surface area contributed by atoms with Crippen LogP contribution < -0.4 is 10.1 Å². The molecule has 0 bridgehead atoms. The summed E-state index contributed by atoms with van der Waals surface area (Å²) in [5, 5.41) is 2.86. The van der Waals surface area contributed by atoms with Gasteiger partial charge in [0.25, 0.3) is 11.8 Å². The van der Waals surface area contributed by atoms with E-state index in [1.165, 1.54) is 0 Å². The second-order valence-electron chi connectivity index (χ2n) is 6.21. The molecule has 0 aliphatic carbocycles. The average molecular weight is 350 g/mol. The summed E-state index contributed by atoms with van der Waals surface area (Å²) < 4.78 is 7.36. The highest BCUT2D eigenvalue weighted by Crippen LogP contribution is 2.26. The molecule has 2 aromatic heterocycles. The molecule has 1 aromatic carbocycles. The maximum Gasteiger partial charge on any atom is 0.274 e. The normalized spacial score (nSPS) is 13.9. The maximum absolute atomic E-state index is 12.8. The van der Waals surface area contributed by atoms with Gasteiger partial charge in [0.1, 0.15) is 23.7 Å². The molecule has 7 heteroatoms. The fourth-order valence-electron chi connectivity index (χ4n) is 3.08. The van der Waals surface area contributed by atoms with E-state index in [1.807, 2.05) is 18.2 Å². The van der Waals surface area contributed by atoms with Crippen molar-refractivity contribution in [1.82, 2.24) is 14.3 Å². The van der Waals surface area contributed by atoms with E-state index in [1.54, 1.807) is 47.7 Å². The minimum Gasteiger partial charge on any atom is -0.491 e. The molecule has 3 aromatic rings. The van der Waals surface area contributed by atoms with Gasteiger partial charge in [-0.1, -0.05) is 6.07 Å². The smallest absolute Gasteiger partial charge is 0.274 e. The Hall–Kier alpha value is -3.35. The first-order valence-corrected chi connectivity index (χ1v) is 8.32. The van der Waals surface area contributed by atoms with Crippen molar-refractivity contribution < 1.29 is 14.3 Å². The minimum atomic E-state index is -0.281. The molecule has 0 atom stereocenters. The largest absolute Gasteiger partial charge is 0.491 e. The molecule has 26 heavy (non-hydrogen) atoms. The molecular weight excluding hydrogens is 332 g/mol. The summed E-state index contributed by atoms with van der Waals surface area (Å²) in [7, 11) is 1.73. The van der Waals surface area contributed by atoms with Crippen LogP contribution in [0.1, 0.15) is 26.5 Å². The predicted molar refractivity (Wildman–Crippen MR) is 96.8 cm³/mol. The number of anilines is 1. The molecule has 0 fully saturated rings. The van der Waals surface area contributed by atoms with E-state index >= 15 is 0 Å². The highest BCUT2D eigenvalue weighted by atomic mass is 16.5. The van der Waals surface area contributed by atoms with Crippen LogP contribution in [0.15, 0.2) is 42.6 Å². The minimum absolute atomic E-state index is 0.125. The van der Waals surface area contributed by atoms with E-state index in [0.717, 1.165) is 0 Å². The monoisotopic (exact) mass is 350 g/mol. The van der Waals surface area contributed by atoms with E-state index in [-0.39, 0.29) is 11.8 Å². The number of likely N-dealkylation sites (N-methyl/N-ethyl adjacent to an activating group) is 1. The number of carbonyl (C=O) groups is 2. The van der Waals surface area contributed by atoms with Gasteiger partial charge in [0.2, 0.25) is 0 Å². The van der Waals surface area contributed by atoms with Crippen molar-refractivity contribution in [1.29, 1.82) is 0 Å². The second kappa shape index (κ2) is 6.18. The third kappa shape index (κ3) is 2.67. The predicted octanol–water partition coefficient (Wildman–Crippen LogP) is 2.36. The number of nitrogens with zero attached hydrogens (tertiary/aromatic N) is 3. The molecule has 0 saturated heterocycles. The van der Waals surface area contributed by atoms with Gasteiger partial charge in [0.05, 0.1) is 17.8 Å². The third-order valence-corrected chi connectivity index (χ3v) is 4.42. The lowest BCUT2D eigenvalue weighted by Gasteiger charge is -2.13. The first-order valence-electron chi connectivity index (χ1n) is 8.32. The molecular formula is C19H18N4O3. The zero-order chi connectivity index (χ0) is 18.3. The van der Waals surface area contributed by atoms with Gasteiger partial charge in [-0.2, -0.15) is 0 Å². The van der Waals surface area contributed by atoms with Crippen LogP contribution >= 0.6 is 0 Å². The summed E-state index contributed by atoms with van der Waals surface area (Å²) in [6, 6.07) is 10.7. The molecule has 7 nitrogen and oxygen atoms in total. The van der Waals surface area contributed by atoms with Gasteiger partial charge in [0, 0.05) is 18.9 Å². The number of hydrogen-bond acceptors (Lipinski definition) is 4. The van der Waals surface area contributed by atoms with Crippen LogP contribution in [0.3, 0.4) is 0 Å². The molecule has 0 radical (unpaired) electrons. The Morgan fingerprint density at radius 1 is 1.27 bits per heavy atom. The molecule has 3 heterocycles. The zero-order valence-electron chi connectivity index (χ0n) is 14.5. The summed E-state index contributed by atoms with van der Waals surface area (Å²) in [6.07, 6.45) is 1.80. The molecule has 2 amide bonds. The first-order chi connectivity index (χ1) is 12.5. The lowest BCUT2D eigenvalue weighted by Crippen LogP contribution is -2.27. The van der Waals surface area contributed by atoms with Crippen molar-refractivity contribution in [2.75, 3.05) is 25.5 Å². The van der Waals surface area contributed by atoms with E-state index in [9.17, 15) is 9.59 Å². The van der Waals surface area contributed by atoms with E-state index in [2.05, 4.69) is 10.3 Å². The summed E-state index contributed by atoms with van der Waals surface area (Å²) in [6.45, 7) is 2.77. The van der Waals surface area contributed by atoms with Gasteiger partial charge in [-0.3, -0.25) is 14.0 Å². The number of hydrogen-bond donors (Lipinski definition) is 1. The van der Waals surface area contributed by atoms with Crippen molar-refractivity contribution in [3.63, 3.8) is 0 Å². The molecule has 4 rings (SSSR count). The Morgan fingerprint density at radius 3 is 2.96 bits per heavy atom. The van der Waals surface area contributed by atoms with Gasteiger partial charge in [-0.15, -0.1) is 0 Å². The van der Waals surface area contributed by atoms with Gasteiger partial charge >= 0.3 is 0 Å². The number of pyridine rings is 1. The average Bonchev–Trinajstić information content (AvgIpc) is 2.90. The molecule has 132 valence electrons. The van der Waals surface area contributed by atoms with E-state index in [0.29, 0.717) is 47.2 Å². The number of nitrogens with one attached hydrogen (secondary N) is 1. The maximum atomic E-state index is 12.8. The van der Waals surface area contributed by atoms with Crippen LogP contribution in [0, 0.1) is 6.92 Å². The standard InChI is InChI=1S/C19H18N4O3/c1-12-17(23-8-4-3-5-16(23)20-12)18(24)21-13-6-7-15-14(11-13)19(25)22(2)9-10-26-15/h3-8,11H,9-10H2,1-2H3,(H,21,24). The van der Waals surface area contributed by atoms with Crippen molar-refractivity contribution in [3.8, 4) is 5.75 Å². The molecule has 1 aliphatic heterocycles. The first kappa shape index (κ1) is 16.1.